The predicted molar refractivity (Wildman–Crippen MR) is 82.4 cm³/mol. The van der Waals surface area contributed by atoms with Gasteiger partial charge in [0, 0.05) is 0 Å². The van der Waals surface area contributed by atoms with E-state index < -0.39 is 5.54 Å². The van der Waals surface area contributed by atoms with Crippen LogP contribution in [-0.4, -0.2) is 12.6 Å². The molecule has 20 heavy (non-hydrogen) atoms. The van der Waals surface area contributed by atoms with Crippen molar-refractivity contribution in [2.45, 2.75) is 53.0 Å². The summed E-state index contributed by atoms with van der Waals surface area (Å²) in [6, 6.07) is 8.12. The van der Waals surface area contributed by atoms with Gasteiger partial charge in [0.2, 0.25) is 0 Å². The first kappa shape index (κ1) is 16.7. The Bertz CT molecular complexity index is 468. The third-order valence-corrected chi connectivity index (χ3v) is 4.07. The highest BCUT2D eigenvalue weighted by Crippen LogP contribution is 2.50. The zero-order valence-electron chi connectivity index (χ0n) is 13.3. The molecule has 0 saturated carbocycles. The molecule has 1 aromatic rings. The van der Waals surface area contributed by atoms with Gasteiger partial charge in [-0.05, 0) is 29.9 Å². The third-order valence-electron chi connectivity index (χ3n) is 4.07. The SMILES string of the molecule is CC.CCOC(=O)CC1(N)c2ccccc2CC1(C)C. The quantitative estimate of drug-likeness (QED) is 0.861. The Hall–Kier alpha value is -1.35. The number of ether oxygens (including phenoxy) is 1. The molecule has 112 valence electrons. The molecule has 2 rings (SSSR count). The highest BCUT2D eigenvalue weighted by Gasteiger charge is 2.50. The maximum atomic E-state index is 11.8. The number of fused-ring (bicyclic) bond motifs is 1. The van der Waals surface area contributed by atoms with Crippen LogP contribution in [0.5, 0.6) is 0 Å². The lowest BCUT2D eigenvalue weighted by Gasteiger charge is -2.38. The molecule has 1 atom stereocenters. The number of rotatable bonds is 3. The van der Waals surface area contributed by atoms with Crippen molar-refractivity contribution >= 4 is 5.97 Å². The summed E-state index contributed by atoms with van der Waals surface area (Å²) < 4.78 is 5.06. The Kier molecular flexibility index (Phi) is 5.35. The van der Waals surface area contributed by atoms with Crippen molar-refractivity contribution < 1.29 is 9.53 Å². The topological polar surface area (TPSA) is 52.3 Å². The van der Waals surface area contributed by atoms with E-state index in [4.69, 9.17) is 10.5 Å². The highest BCUT2D eigenvalue weighted by molar-refractivity contribution is 5.72. The molecule has 0 heterocycles. The molecule has 0 amide bonds. The van der Waals surface area contributed by atoms with Gasteiger partial charge in [-0.3, -0.25) is 4.79 Å². The third kappa shape index (κ3) is 2.88. The Balaban J connectivity index is 0.000000956. The van der Waals surface area contributed by atoms with Gasteiger partial charge in [0.15, 0.2) is 0 Å². The Morgan fingerprint density at radius 3 is 2.50 bits per heavy atom. The van der Waals surface area contributed by atoms with Crippen LogP contribution in [0.4, 0.5) is 0 Å². The van der Waals surface area contributed by atoms with E-state index in [2.05, 4.69) is 19.9 Å². The van der Waals surface area contributed by atoms with Gasteiger partial charge in [-0.15, -0.1) is 0 Å². The average molecular weight is 277 g/mol. The number of esters is 1. The van der Waals surface area contributed by atoms with Gasteiger partial charge >= 0.3 is 5.97 Å². The first-order valence-electron chi connectivity index (χ1n) is 7.43. The van der Waals surface area contributed by atoms with Crippen molar-refractivity contribution in [3.05, 3.63) is 35.4 Å². The number of carbonyl (C=O) groups excluding carboxylic acids is 1. The lowest BCUT2D eigenvalue weighted by molar-refractivity contribution is -0.145. The van der Waals surface area contributed by atoms with Gasteiger partial charge in [-0.2, -0.15) is 0 Å². The standard InChI is InChI=1S/C15H21NO2.C2H6/c1-4-18-13(17)10-15(16)12-8-6-5-7-11(12)9-14(15,2)3;1-2/h5-8H,4,9-10,16H2,1-3H3;1-2H3. The van der Waals surface area contributed by atoms with Crippen LogP contribution in [0.25, 0.3) is 0 Å². The van der Waals surface area contributed by atoms with Crippen LogP contribution in [0.1, 0.15) is 52.2 Å². The minimum Gasteiger partial charge on any atom is -0.466 e. The fraction of sp³-hybridized carbons (Fsp3) is 0.588. The highest BCUT2D eigenvalue weighted by atomic mass is 16.5. The van der Waals surface area contributed by atoms with Crippen molar-refractivity contribution in [2.75, 3.05) is 6.61 Å². The number of nitrogens with two attached hydrogens (primary N) is 1. The predicted octanol–water partition coefficient (Wildman–Crippen LogP) is 3.40. The van der Waals surface area contributed by atoms with E-state index in [9.17, 15) is 4.79 Å². The molecule has 0 fully saturated rings. The van der Waals surface area contributed by atoms with Crippen LogP contribution in [0.15, 0.2) is 24.3 Å². The molecule has 0 bridgehead atoms. The van der Waals surface area contributed by atoms with E-state index in [-0.39, 0.29) is 17.8 Å². The maximum absolute atomic E-state index is 11.8. The lowest BCUT2D eigenvalue weighted by atomic mass is 9.71. The second-order valence-electron chi connectivity index (χ2n) is 5.67. The summed E-state index contributed by atoms with van der Waals surface area (Å²) in [7, 11) is 0. The first-order chi connectivity index (χ1) is 9.40. The zero-order chi connectivity index (χ0) is 15.4. The van der Waals surface area contributed by atoms with Crippen LogP contribution in [0, 0.1) is 5.41 Å². The fourth-order valence-electron chi connectivity index (χ4n) is 2.88. The molecule has 1 aromatic carbocycles. The summed E-state index contributed by atoms with van der Waals surface area (Å²) >= 11 is 0. The minimum absolute atomic E-state index is 0.135. The van der Waals surface area contributed by atoms with Crippen molar-refractivity contribution in [1.29, 1.82) is 0 Å². The van der Waals surface area contributed by atoms with Crippen molar-refractivity contribution in [2.24, 2.45) is 11.1 Å². The van der Waals surface area contributed by atoms with E-state index in [0.717, 1.165) is 12.0 Å². The summed E-state index contributed by atoms with van der Waals surface area (Å²) in [5.74, 6) is -0.218. The van der Waals surface area contributed by atoms with Crippen LogP contribution in [-0.2, 0) is 21.5 Å². The van der Waals surface area contributed by atoms with Crippen LogP contribution in [0.2, 0.25) is 0 Å². The molecular weight excluding hydrogens is 250 g/mol. The molecule has 3 heteroatoms. The second kappa shape index (κ2) is 6.40. The summed E-state index contributed by atoms with van der Waals surface area (Å²) in [4.78, 5) is 11.8. The number of benzene rings is 1. The van der Waals surface area contributed by atoms with Gasteiger partial charge in [0.1, 0.15) is 0 Å². The maximum Gasteiger partial charge on any atom is 0.308 e. The molecule has 0 saturated heterocycles. The van der Waals surface area contributed by atoms with Crippen molar-refractivity contribution in [1.82, 2.24) is 0 Å². The molecule has 1 aliphatic rings. The Labute approximate surface area is 122 Å². The normalized spacial score (nSPS) is 22.5. The fourth-order valence-corrected chi connectivity index (χ4v) is 2.88. The molecule has 0 aliphatic heterocycles. The molecular formula is C17H27NO2. The monoisotopic (exact) mass is 277 g/mol. The van der Waals surface area contributed by atoms with E-state index in [1.807, 2.05) is 39.0 Å². The first-order valence-corrected chi connectivity index (χ1v) is 7.43. The number of hydrogen-bond donors (Lipinski definition) is 1. The number of hydrogen-bond acceptors (Lipinski definition) is 3. The van der Waals surface area contributed by atoms with Gasteiger partial charge in [0.05, 0.1) is 18.6 Å². The van der Waals surface area contributed by atoms with Crippen molar-refractivity contribution in [3.8, 4) is 0 Å². The largest absolute Gasteiger partial charge is 0.466 e. The second-order valence-corrected chi connectivity index (χ2v) is 5.67. The molecule has 0 radical (unpaired) electrons. The number of carbonyl (C=O) groups is 1. The smallest absolute Gasteiger partial charge is 0.308 e. The van der Waals surface area contributed by atoms with Gasteiger partial charge < -0.3 is 10.5 Å². The van der Waals surface area contributed by atoms with Crippen LogP contribution < -0.4 is 5.73 Å². The van der Waals surface area contributed by atoms with E-state index >= 15 is 0 Å². The van der Waals surface area contributed by atoms with Gasteiger partial charge in [-0.25, -0.2) is 0 Å². The molecule has 1 aliphatic carbocycles. The van der Waals surface area contributed by atoms with Gasteiger partial charge in [-0.1, -0.05) is 52.0 Å². The summed E-state index contributed by atoms with van der Waals surface area (Å²) in [5, 5.41) is 0. The molecule has 0 spiro atoms. The Morgan fingerprint density at radius 2 is 1.90 bits per heavy atom. The van der Waals surface area contributed by atoms with Crippen LogP contribution in [0.3, 0.4) is 0 Å². The van der Waals surface area contributed by atoms with Gasteiger partial charge in [0.25, 0.3) is 0 Å². The van der Waals surface area contributed by atoms with Crippen molar-refractivity contribution in [3.63, 3.8) is 0 Å². The van der Waals surface area contributed by atoms with E-state index in [1.54, 1.807) is 0 Å². The van der Waals surface area contributed by atoms with E-state index in [0.29, 0.717) is 6.61 Å². The summed E-state index contributed by atoms with van der Waals surface area (Å²) in [6.07, 6.45) is 1.14. The van der Waals surface area contributed by atoms with E-state index in [1.165, 1.54) is 5.56 Å². The zero-order valence-corrected chi connectivity index (χ0v) is 13.3. The molecule has 1 unspecified atom stereocenters. The molecule has 2 N–H and O–H groups in total. The molecule has 0 aromatic heterocycles. The Morgan fingerprint density at radius 1 is 1.30 bits per heavy atom. The van der Waals surface area contributed by atoms with Crippen LogP contribution >= 0.6 is 0 Å². The minimum atomic E-state index is -0.629. The summed E-state index contributed by atoms with van der Waals surface area (Å²) in [6.45, 7) is 10.4. The average Bonchev–Trinajstić information content (AvgIpc) is 2.60. The lowest BCUT2D eigenvalue weighted by Crippen LogP contribution is -2.48. The molecule has 3 nitrogen and oxygen atoms in total. The summed E-state index contributed by atoms with van der Waals surface area (Å²) in [5.41, 5.74) is 8.15.